The second-order valence-electron chi connectivity index (χ2n) is 4.96. The van der Waals surface area contributed by atoms with Gasteiger partial charge < -0.3 is 15.3 Å². The van der Waals surface area contributed by atoms with E-state index in [0.29, 0.717) is 15.6 Å². The molecule has 7 heteroatoms. The summed E-state index contributed by atoms with van der Waals surface area (Å²) in [6, 6.07) is 4.31. The van der Waals surface area contributed by atoms with Crippen LogP contribution in [0, 0.1) is 5.92 Å². The van der Waals surface area contributed by atoms with Crippen LogP contribution in [-0.4, -0.2) is 35.6 Å². The number of urea groups is 1. The van der Waals surface area contributed by atoms with Crippen molar-refractivity contribution < 1.29 is 14.7 Å². The summed E-state index contributed by atoms with van der Waals surface area (Å²) in [6.07, 6.45) is 0. The molecular weight excluding hydrogens is 315 g/mol. The molecule has 0 bridgehead atoms. The fourth-order valence-electron chi connectivity index (χ4n) is 1.79. The third-order valence-electron chi connectivity index (χ3n) is 3.08. The fourth-order valence-corrected chi connectivity index (χ4v) is 2.25. The van der Waals surface area contributed by atoms with E-state index in [1.165, 1.54) is 4.90 Å². The van der Waals surface area contributed by atoms with Crippen LogP contribution in [0.2, 0.25) is 10.0 Å². The van der Waals surface area contributed by atoms with Crippen molar-refractivity contribution >= 4 is 35.2 Å². The minimum Gasteiger partial charge on any atom is -0.481 e. The number of carbonyl (C=O) groups is 2. The first-order valence-corrected chi connectivity index (χ1v) is 7.17. The van der Waals surface area contributed by atoms with Gasteiger partial charge in [0.2, 0.25) is 0 Å². The maximum absolute atomic E-state index is 12.0. The molecule has 2 amide bonds. The first-order valence-electron chi connectivity index (χ1n) is 6.41. The van der Waals surface area contributed by atoms with Gasteiger partial charge in [-0.25, -0.2) is 4.79 Å². The van der Waals surface area contributed by atoms with E-state index in [4.69, 9.17) is 28.3 Å². The van der Waals surface area contributed by atoms with Gasteiger partial charge in [-0.2, -0.15) is 0 Å². The number of nitrogens with one attached hydrogen (secondary N) is 1. The lowest BCUT2D eigenvalue weighted by atomic mass is 10.1. The van der Waals surface area contributed by atoms with E-state index >= 15 is 0 Å². The Morgan fingerprint density at radius 3 is 2.52 bits per heavy atom. The quantitative estimate of drug-likeness (QED) is 0.867. The first-order chi connectivity index (χ1) is 9.72. The van der Waals surface area contributed by atoms with Crippen LogP contribution in [0.4, 0.5) is 4.79 Å². The molecule has 0 saturated carbocycles. The van der Waals surface area contributed by atoms with E-state index < -0.39 is 11.9 Å². The Hall–Kier alpha value is -1.46. The molecule has 1 rings (SSSR count). The third kappa shape index (κ3) is 5.10. The van der Waals surface area contributed by atoms with Crippen LogP contribution in [0.3, 0.4) is 0 Å². The number of halogens is 2. The number of carbonyl (C=O) groups excluding carboxylic acids is 1. The van der Waals surface area contributed by atoms with Gasteiger partial charge in [0.05, 0.1) is 12.0 Å². The molecule has 21 heavy (non-hydrogen) atoms. The Morgan fingerprint density at radius 1 is 1.33 bits per heavy atom. The number of aliphatic carboxylic acids is 1. The maximum Gasteiger partial charge on any atom is 0.317 e. The van der Waals surface area contributed by atoms with Crippen LogP contribution in [0.15, 0.2) is 18.2 Å². The number of carboxylic acids is 1. The second kappa shape index (κ2) is 7.52. The van der Waals surface area contributed by atoms with E-state index in [2.05, 4.69) is 5.32 Å². The lowest BCUT2D eigenvalue weighted by molar-refractivity contribution is -0.141. The van der Waals surface area contributed by atoms with Crippen molar-refractivity contribution in [1.29, 1.82) is 0 Å². The van der Waals surface area contributed by atoms with Crippen molar-refractivity contribution in [1.82, 2.24) is 10.2 Å². The van der Waals surface area contributed by atoms with Gasteiger partial charge >= 0.3 is 12.0 Å². The molecule has 0 fully saturated rings. The first kappa shape index (κ1) is 17.6. The zero-order valence-corrected chi connectivity index (χ0v) is 13.6. The summed E-state index contributed by atoms with van der Waals surface area (Å²) in [7, 11) is 1.54. The van der Waals surface area contributed by atoms with Gasteiger partial charge in [-0.1, -0.05) is 30.1 Å². The highest BCUT2D eigenvalue weighted by molar-refractivity contribution is 6.33. The largest absolute Gasteiger partial charge is 0.481 e. The summed E-state index contributed by atoms with van der Waals surface area (Å²) in [5, 5.41) is 12.6. The number of carboxylic acid groups (broad SMARTS) is 1. The minimum absolute atomic E-state index is 0.122. The standard InChI is InChI=1S/C14H18Cl2N2O3/c1-8(13(19)20)7-18(3)14(21)17-9(2)11-6-10(15)4-5-12(11)16/h4-6,8-9H,7H2,1-3H3,(H,17,21)(H,19,20)/t8?,9-/m0/s1. The molecule has 0 saturated heterocycles. The van der Waals surface area contributed by atoms with Gasteiger partial charge in [0, 0.05) is 23.6 Å². The summed E-state index contributed by atoms with van der Waals surface area (Å²) in [6.45, 7) is 3.45. The number of rotatable bonds is 5. The summed E-state index contributed by atoms with van der Waals surface area (Å²) in [4.78, 5) is 24.1. The van der Waals surface area contributed by atoms with E-state index in [9.17, 15) is 9.59 Å². The average Bonchev–Trinajstić information content (AvgIpc) is 2.40. The zero-order chi connectivity index (χ0) is 16.2. The molecule has 0 aliphatic rings. The fraction of sp³-hybridized carbons (Fsp3) is 0.429. The Kier molecular flexibility index (Phi) is 6.30. The van der Waals surface area contributed by atoms with Gasteiger partial charge in [0.25, 0.3) is 0 Å². The van der Waals surface area contributed by atoms with Gasteiger partial charge in [-0.3, -0.25) is 4.79 Å². The van der Waals surface area contributed by atoms with Crippen LogP contribution < -0.4 is 5.32 Å². The molecule has 0 heterocycles. The molecule has 116 valence electrons. The molecule has 0 radical (unpaired) electrons. The summed E-state index contributed by atoms with van der Waals surface area (Å²) in [5.74, 6) is -1.58. The van der Waals surface area contributed by atoms with Crippen molar-refractivity contribution in [3.05, 3.63) is 33.8 Å². The lowest BCUT2D eigenvalue weighted by Gasteiger charge is -2.23. The Bertz CT molecular complexity index is 537. The number of nitrogens with zero attached hydrogens (tertiary/aromatic N) is 1. The minimum atomic E-state index is -0.944. The number of amides is 2. The van der Waals surface area contributed by atoms with E-state index in [1.807, 2.05) is 0 Å². The van der Waals surface area contributed by atoms with Gasteiger partial charge in [-0.15, -0.1) is 0 Å². The highest BCUT2D eigenvalue weighted by atomic mass is 35.5. The van der Waals surface area contributed by atoms with E-state index in [1.54, 1.807) is 39.1 Å². The average molecular weight is 333 g/mol. The predicted molar refractivity (Wildman–Crippen MR) is 82.8 cm³/mol. The molecular formula is C14H18Cl2N2O3. The monoisotopic (exact) mass is 332 g/mol. The predicted octanol–water partition coefficient (Wildman–Crippen LogP) is 3.42. The van der Waals surface area contributed by atoms with E-state index in [-0.39, 0.29) is 18.6 Å². The van der Waals surface area contributed by atoms with Crippen molar-refractivity contribution in [3.63, 3.8) is 0 Å². The van der Waals surface area contributed by atoms with Crippen molar-refractivity contribution in [3.8, 4) is 0 Å². The van der Waals surface area contributed by atoms with Crippen LogP contribution >= 0.6 is 23.2 Å². The Labute approximate surface area is 133 Å². The van der Waals surface area contributed by atoms with Crippen LogP contribution in [0.1, 0.15) is 25.5 Å². The van der Waals surface area contributed by atoms with Gasteiger partial charge in [0.15, 0.2) is 0 Å². The van der Waals surface area contributed by atoms with Crippen molar-refractivity contribution in [2.75, 3.05) is 13.6 Å². The zero-order valence-electron chi connectivity index (χ0n) is 12.1. The highest BCUT2D eigenvalue weighted by Gasteiger charge is 2.19. The molecule has 2 atom stereocenters. The third-order valence-corrected chi connectivity index (χ3v) is 3.66. The van der Waals surface area contributed by atoms with E-state index in [0.717, 1.165) is 0 Å². The summed E-state index contributed by atoms with van der Waals surface area (Å²) >= 11 is 12.0. The molecule has 0 spiro atoms. The molecule has 1 aromatic rings. The van der Waals surface area contributed by atoms with Gasteiger partial charge in [0.1, 0.15) is 0 Å². The molecule has 2 N–H and O–H groups in total. The van der Waals surface area contributed by atoms with Crippen LogP contribution in [-0.2, 0) is 4.79 Å². The molecule has 0 aliphatic heterocycles. The number of benzene rings is 1. The Balaban J connectivity index is 2.69. The SMILES string of the molecule is CC(CN(C)C(=O)N[C@@H](C)c1cc(Cl)ccc1Cl)C(=O)O. The molecule has 1 aromatic carbocycles. The molecule has 0 aromatic heterocycles. The van der Waals surface area contributed by atoms with Gasteiger partial charge in [-0.05, 0) is 30.7 Å². The second-order valence-corrected chi connectivity index (χ2v) is 5.80. The highest BCUT2D eigenvalue weighted by Crippen LogP contribution is 2.26. The molecule has 1 unspecified atom stereocenters. The van der Waals surface area contributed by atoms with Crippen LogP contribution in [0.5, 0.6) is 0 Å². The summed E-state index contributed by atoms with van der Waals surface area (Å²) in [5.41, 5.74) is 0.706. The maximum atomic E-state index is 12.0. The van der Waals surface area contributed by atoms with Crippen molar-refractivity contribution in [2.24, 2.45) is 5.92 Å². The topological polar surface area (TPSA) is 69.6 Å². The number of hydrogen-bond donors (Lipinski definition) is 2. The van der Waals surface area contributed by atoms with Crippen LogP contribution in [0.25, 0.3) is 0 Å². The summed E-state index contributed by atoms with van der Waals surface area (Å²) < 4.78 is 0. The lowest BCUT2D eigenvalue weighted by Crippen LogP contribution is -2.41. The van der Waals surface area contributed by atoms with Crippen molar-refractivity contribution in [2.45, 2.75) is 19.9 Å². The Morgan fingerprint density at radius 2 is 1.95 bits per heavy atom. The number of hydrogen-bond acceptors (Lipinski definition) is 2. The normalized spacial score (nSPS) is 13.4. The molecule has 5 nitrogen and oxygen atoms in total. The smallest absolute Gasteiger partial charge is 0.317 e. The molecule has 0 aliphatic carbocycles.